The van der Waals surface area contributed by atoms with Gasteiger partial charge in [-0.25, -0.2) is 0 Å². The van der Waals surface area contributed by atoms with Crippen molar-refractivity contribution in [3.8, 4) is 0 Å². The lowest BCUT2D eigenvalue weighted by molar-refractivity contribution is -0.128. The molecular formula is C18H28N2O. The number of benzene rings is 1. The number of hydrogen-bond donors (Lipinski definition) is 2. The third-order valence-electron chi connectivity index (χ3n) is 4.64. The summed E-state index contributed by atoms with van der Waals surface area (Å²) in [7, 11) is 0. The minimum Gasteiger partial charge on any atom is -0.354 e. The summed E-state index contributed by atoms with van der Waals surface area (Å²) in [4.78, 5) is 12.9. The molecule has 1 fully saturated rings. The molecule has 1 amide bonds. The zero-order valence-electron chi connectivity index (χ0n) is 13.4. The molecule has 21 heavy (non-hydrogen) atoms. The molecule has 2 rings (SSSR count). The summed E-state index contributed by atoms with van der Waals surface area (Å²) in [6, 6.07) is 8.38. The number of likely N-dealkylation sites (N-methyl/N-ethyl adjacent to an activating group) is 1. The van der Waals surface area contributed by atoms with Crippen molar-refractivity contribution in [2.75, 3.05) is 19.6 Å². The minimum absolute atomic E-state index is 0.217. The van der Waals surface area contributed by atoms with E-state index in [-0.39, 0.29) is 11.3 Å². The molecule has 116 valence electrons. The van der Waals surface area contributed by atoms with Crippen molar-refractivity contribution >= 4 is 5.91 Å². The molecule has 0 unspecified atom stereocenters. The smallest absolute Gasteiger partial charge is 0.230 e. The summed E-state index contributed by atoms with van der Waals surface area (Å²) >= 11 is 0. The molecule has 1 saturated carbocycles. The zero-order chi connectivity index (χ0) is 15.1. The minimum atomic E-state index is -0.310. The van der Waals surface area contributed by atoms with E-state index in [1.165, 1.54) is 17.5 Å². The molecule has 3 heteroatoms. The Kier molecular flexibility index (Phi) is 5.80. The van der Waals surface area contributed by atoms with Gasteiger partial charge in [-0.1, -0.05) is 50.5 Å². The number of aryl methyl sites for hydroxylation is 1. The Morgan fingerprint density at radius 3 is 2.52 bits per heavy atom. The van der Waals surface area contributed by atoms with Crippen molar-refractivity contribution in [3.05, 3.63) is 35.4 Å². The van der Waals surface area contributed by atoms with E-state index in [0.717, 1.165) is 38.8 Å². The Balaban J connectivity index is 2.17. The lowest BCUT2D eigenvalue weighted by atomic mass is 9.67. The second-order valence-electron chi connectivity index (χ2n) is 6.07. The number of carbonyl (C=O) groups excluding carboxylic acids is 1. The topological polar surface area (TPSA) is 41.1 Å². The fraction of sp³-hybridized carbons (Fsp3) is 0.611. The lowest BCUT2D eigenvalue weighted by Gasteiger charge is -2.37. The average Bonchev–Trinajstić information content (AvgIpc) is 2.52. The molecule has 0 heterocycles. The van der Waals surface area contributed by atoms with Crippen LogP contribution in [0.25, 0.3) is 0 Å². The van der Waals surface area contributed by atoms with Crippen molar-refractivity contribution in [2.45, 2.75) is 51.4 Å². The maximum absolute atomic E-state index is 12.9. The van der Waals surface area contributed by atoms with E-state index in [2.05, 4.69) is 48.7 Å². The second kappa shape index (κ2) is 7.60. The molecule has 0 spiro atoms. The Labute approximate surface area is 128 Å². The SMILES string of the molecule is CCNCCNC(=O)C1(c2ccccc2C)CCCCC1. The first kappa shape index (κ1) is 16.0. The molecule has 1 aliphatic carbocycles. The van der Waals surface area contributed by atoms with Crippen LogP contribution in [0.15, 0.2) is 24.3 Å². The summed E-state index contributed by atoms with van der Waals surface area (Å²) in [6.07, 6.45) is 5.50. The van der Waals surface area contributed by atoms with Crippen LogP contribution in [-0.4, -0.2) is 25.5 Å². The van der Waals surface area contributed by atoms with Crippen LogP contribution in [-0.2, 0) is 10.2 Å². The number of nitrogens with one attached hydrogen (secondary N) is 2. The van der Waals surface area contributed by atoms with Crippen LogP contribution in [0.1, 0.15) is 50.2 Å². The van der Waals surface area contributed by atoms with Crippen molar-refractivity contribution < 1.29 is 4.79 Å². The van der Waals surface area contributed by atoms with Crippen LogP contribution in [0, 0.1) is 6.92 Å². The van der Waals surface area contributed by atoms with E-state index in [0.29, 0.717) is 6.54 Å². The molecule has 0 bridgehead atoms. The quantitative estimate of drug-likeness (QED) is 0.790. The molecule has 0 radical (unpaired) electrons. The monoisotopic (exact) mass is 288 g/mol. The summed E-state index contributed by atoms with van der Waals surface area (Å²) < 4.78 is 0. The van der Waals surface area contributed by atoms with Crippen LogP contribution < -0.4 is 10.6 Å². The number of amides is 1. The number of rotatable bonds is 6. The van der Waals surface area contributed by atoms with Gasteiger partial charge >= 0.3 is 0 Å². The highest BCUT2D eigenvalue weighted by Crippen LogP contribution is 2.41. The van der Waals surface area contributed by atoms with Gasteiger partial charge in [0.2, 0.25) is 5.91 Å². The second-order valence-corrected chi connectivity index (χ2v) is 6.07. The van der Waals surface area contributed by atoms with Crippen LogP contribution >= 0.6 is 0 Å². The molecule has 1 aromatic carbocycles. The van der Waals surface area contributed by atoms with Crippen LogP contribution in [0.4, 0.5) is 0 Å². The fourth-order valence-electron chi connectivity index (χ4n) is 3.49. The van der Waals surface area contributed by atoms with E-state index in [1.54, 1.807) is 0 Å². The normalized spacial score (nSPS) is 17.4. The third-order valence-corrected chi connectivity index (χ3v) is 4.64. The summed E-state index contributed by atoms with van der Waals surface area (Å²) in [5, 5.41) is 6.41. The van der Waals surface area contributed by atoms with E-state index in [4.69, 9.17) is 0 Å². The molecule has 0 aromatic heterocycles. The maximum Gasteiger partial charge on any atom is 0.230 e. The highest BCUT2D eigenvalue weighted by Gasteiger charge is 2.41. The van der Waals surface area contributed by atoms with Gasteiger partial charge in [-0.3, -0.25) is 4.79 Å². The van der Waals surface area contributed by atoms with Crippen LogP contribution in [0.5, 0.6) is 0 Å². The van der Waals surface area contributed by atoms with Gasteiger partial charge in [-0.15, -0.1) is 0 Å². The van der Waals surface area contributed by atoms with Gasteiger partial charge in [0, 0.05) is 13.1 Å². The molecule has 1 aliphatic rings. The molecule has 2 N–H and O–H groups in total. The van der Waals surface area contributed by atoms with E-state index in [1.807, 2.05) is 0 Å². The standard InChI is InChI=1S/C18H28N2O/c1-3-19-13-14-20-17(21)18(11-7-4-8-12-18)16-10-6-5-9-15(16)2/h5-6,9-10,19H,3-4,7-8,11-14H2,1-2H3,(H,20,21). The molecule has 3 nitrogen and oxygen atoms in total. The summed E-state index contributed by atoms with van der Waals surface area (Å²) in [5.41, 5.74) is 2.15. The first-order chi connectivity index (χ1) is 10.2. The average molecular weight is 288 g/mol. The van der Waals surface area contributed by atoms with Gasteiger partial charge in [-0.2, -0.15) is 0 Å². The molecule has 0 saturated heterocycles. The Bertz CT molecular complexity index is 464. The lowest BCUT2D eigenvalue weighted by Crippen LogP contribution is -2.47. The zero-order valence-corrected chi connectivity index (χ0v) is 13.4. The number of carbonyl (C=O) groups is 1. The Morgan fingerprint density at radius 2 is 1.86 bits per heavy atom. The van der Waals surface area contributed by atoms with Gasteiger partial charge in [0.15, 0.2) is 0 Å². The first-order valence-electron chi connectivity index (χ1n) is 8.26. The molecule has 0 aliphatic heterocycles. The van der Waals surface area contributed by atoms with E-state index < -0.39 is 0 Å². The Morgan fingerprint density at radius 1 is 1.14 bits per heavy atom. The maximum atomic E-state index is 12.9. The van der Waals surface area contributed by atoms with Crippen molar-refractivity contribution in [3.63, 3.8) is 0 Å². The summed E-state index contributed by atoms with van der Waals surface area (Å²) in [5.74, 6) is 0.217. The van der Waals surface area contributed by atoms with E-state index >= 15 is 0 Å². The van der Waals surface area contributed by atoms with Crippen LogP contribution in [0.2, 0.25) is 0 Å². The van der Waals surface area contributed by atoms with Gasteiger partial charge < -0.3 is 10.6 Å². The van der Waals surface area contributed by atoms with Crippen molar-refractivity contribution in [2.24, 2.45) is 0 Å². The predicted molar refractivity (Wildman–Crippen MR) is 87.5 cm³/mol. The van der Waals surface area contributed by atoms with Crippen molar-refractivity contribution in [1.82, 2.24) is 10.6 Å². The Hall–Kier alpha value is -1.35. The molecule has 0 atom stereocenters. The highest BCUT2D eigenvalue weighted by atomic mass is 16.2. The van der Waals surface area contributed by atoms with Gasteiger partial charge in [-0.05, 0) is 37.4 Å². The fourth-order valence-corrected chi connectivity index (χ4v) is 3.49. The third kappa shape index (κ3) is 3.65. The van der Waals surface area contributed by atoms with Gasteiger partial charge in [0.25, 0.3) is 0 Å². The predicted octanol–water partition coefficient (Wildman–Crippen LogP) is 2.92. The van der Waals surface area contributed by atoms with Crippen LogP contribution in [0.3, 0.4) is 0 Å². The molecular weight excluding hydrogens is 260 g/mol. The van der Waals surface area contributed by atoms with Crippen molar-refractivity contribution in [1.29, 1.82) is 0 Å². The highest BCUT2D eigenvalue weighted by molar-refractivity contribution is 5.88. The molecule has 1 aromatic rings. The summed E-state index contributed by atoms with van der Waals surface area (Å²) in [6.45, 7) is 6.70. The number of hydrogen-bond acceptors (Lipinski definition) is 2. The van der Waals surface area contributed by atoms with E-state index in [9.17, 15) is 4.79 Å². The van der Waals surface area contributed by atoms with Gasteiger partial charge in [0.05, 0.1) is 5.41 Å². The van der Waals surface area contributed by atoms with Gasteiger partial charge in [0.1, 0.15) is 0 Å². The largest absolute Gasteiger partial charge is 0.354 e. The first-order valence-corrected chi connectivity index (χ1v) is 8.26.